The standard InChI is InChI=1S/C20H27N7O2/c1-25-9-11-26(12-10-25)8-7-21-19(28)17-18-22-14-16(20(29)27(18)24-23-17)13-15-5-3-2-4-6-15/h2-6,14,18,22,24H,7-13H2,1H3,(H,21,28). The van der Waals surface area contributed by atoms with Gasteiger partial charge in [0.25, 0.3) is 11.8 Å². The van der Waals surface area contributed by atoms with Gasteiger partial charge in [0.2, 0.25) is 0 Å². The minimum absolute atomic E-state index is 0.179. The monoisotopic (exact) mass is 397 g/mol. The van der Waals surface area contributed by atoms with E-state index in [9.17, 15) is 9.59 Å². The lowest BCUT2D eigenvalue weighted by atomic mass is 10.0. The SMILES string of the molecule is CN1CCN(CCNC(=O)C2=NNN3C(=O)C(Cc4ccccc4)=CNC23)CC1. The van der Waals surface area contributed by atoms with Crippen LogP contribution in [-0.4, -0.2) is 84.8 Å². The third-order valence-electron chi connectivity index (χ3n) is 5.48. The Morgan fingerprint density at radius 2 is 1.97 bits per heavy atom. The second-order valence-corrected chi connectivity index (χ2v) is 7.57. The molecule has 0 bridgehead atoms. The number of nitrogens with one attached hydrogen (secondary N) is 3. The average molecular weight is 397 g/mol. The predicted octanol–water partition coefficient (Wildman–Crippen LogP) is -0.891. The third-order valence-corrected chi connectivity index (χ3v) is 5.48. The van der Waals surface area contributed by atoms with Crippen LogP contribution in [0.25, 0.3) is 0 Å². The first kappa shape index (κ1) is 19.4. The molecule has 1 atom stereocenters. The number of fused-ring (bicyclic) bond motifs is 1. The molecule has 29 heavy (non-hydrogen) atoms. The van der Waals surface area contributed by atoms with Crippen molar-refractivity contribution in [2.24, 2.45) is 5.10 Å². The van der Waals surface area contributed by atoms with E-state index in [0.29, 0.717) is 18.5 Å². The zero-order valence-corrected chi connectivity index (χ0v) is 16.6. The number of nitrogens with zero attached hydrogens (tertiary/aromatic N) is 4. The number of hydrazine groups is 1. The van der Waals surface area contributed by atoms with E-state index in [2.05, 4.69) is 38.1 Å². The molecule has 0 spiro atoms. The van der Waals surface area contributed by atoms with Gasteiger partial charge < -0.3 is 15.5 Å². The summed E-state index contributed by atoms with van der Waals surface area (Å²) in [6.45, 7) is 5.47. The summed E-state index contributed by atoms with van der Waals surface area (Å²) in [7, 11) is 2.12. The van der Waals surface area contributed by atoms with Crippen LogP contribution < -0.4 is 16.2 Å². The Balaban J connectivity index is 1.29. The Kier molecular flexibility index (Phi) is 5.77. The first-order valence-electron chi connectivity index (χ1n) is 9.97. The minimum atomic E-state index is -0.592. The molecule has 1 aromatic rings. The Hall–Kier alpha value is -2.91. The van der Waals surface area contributed by atoms with Crippen molar-refractivity contribution in [2.75, 3.05) is 46.3 Å². The Labute approximate surface area is 170 Å². The van der Waals surface area contributed by atoms with Crippen molar-refractivity contribution in [1.82, 2.24) is 31.0 Å². The van der Waals surface area contributed by atoms with E-state index in [1.165, 1.54) is 5.01 Å². The van der Waals surface area contributed by atoms with Crippen LogP contribution in [0.1, 0.15) is 5.56 Å². The van der Waals surface area contributed by atoms with Crippen molar-refractivity contribution in [3.05, 3.63) is 47.7 Å². The molecule has 3 N–H and O–H groups in total. The lowest BCUT2D eigenvalue weighted by Gasteiger charge is -2.32. The quantitative estimate of drug-likeness (QED) is 0.577. The summed E-state index contributed by atoms with van der Waals surface area (Å²) in [6.07, 6.45) is 1.62. The molecule has 3 aliphatic rings. The fourth-order valence-corrected chi connectivity index (χ4v) is 3.67. The molecule has 154 valence electrons. The summed E-state index contributed by atoms with van der Waals surface area (Å²) >= 11 is 0. The maximum absolute atomic E-state index is 12.8. The average Bonchev–Trinajstić information content (AvgIpc) is 3.17. The number of rotatable bonds is 6. The Bertz CT molecular complexity index is 815. The van der Waals surface area contributed by atoms with Gasteiger partial charge in [-0.1, -0.05) is 30.3 Å². The second-order valence-electron chi connectivity index (χ2n) is 7.57. The van der Waals surface area contributed by atoms with E-state index in [4.69, 9.17) is 0 Å². The third kappa shape index (κ3) is 4.41. The summed E-state index contributed by atoms with van der Waals surface area (Å²) in [5.41, 5.74) is 4.63. The van der Waals surface area contributed by atoms with E-state index in [1.807, 2.05) is 30.3 Å². The molecule has 1 saturated heterocycles. The summed E-state index contributed by atoms with van der Waals surface area (Å²) in [5.74, 6) is -0.444. The maximum atomic E-state index is 12.8. The van der Waals surface area contributed by atoms with Crippen LogP contribution in [0.5, 0.6) is 0 Å². The number of carbonyl (C=O) groups is 2. The van der Waals surface area contributed by atoms with Crippen LogP contribution in [0.3, 0.4) is 0 Å². The molecule has 3 heterocycles. The number of benzene rings is 1. The number of hydrogen-bond donors (Lipinski definition) is 3. The molecular formula is C20H27N7O2. The van der Waals surface area contributed by atoms with Gasteiger partial charge in [-0.15, -0.1) is 0 Å². The predicted molar refractivity (Wildman–Crippen MR) is 110 cm³/mol. The first-order valence-corrected chi connectivity index (χ1v) is 9.97. The van der Waals surface area contributed by atoms with Crippen LogP contribution in [0.4, 0.5) is 0 Å². The highest BCUT2D eigenvalue weighted by molar-refractivity contribution is 6.41. The lowest BCUT2D eigenvalue weighted by molar-refractivity contribution is -0.132. The fourth-order valence-electron chi connectivity index (χ4n) is 3.67. The second kappa shape index (κ2) is 8.62. The molecule has 9 heteroatoms. The van der Waals surface area contributed by atoms with Crippen LogP contribution in [0.15, 0.2) is 47.2 Å². The molecule has 1 fully saturated rings. The molecule has 9 nitrogen and oxygen atoms in total. The zero-order chi connectivity index (χ0) is 20.2. The molecule has 1 unspecified atom stereocenters. The molecule has 3 aliphatic heterocycles. The smallest absolute Gasteiger partial charge is 0.273 e. The molecular weight excluding hydrogens is 370 g/mol. The van der Waals surface area contributed by atoms with Crippen molar-refractivity contribution in [2.45, 2.75) is 12.6 Å². The number of piperazine rings is 1. The van der Waals surface area contributed by atoms with Gasteiger partial charge in [-0.25, -0.2) is 10.5 Å². The van der Waals surface area contributed by atoms with Gasteiger partial charge in [0.05, 0.1) is 0 Å². The summed E-state index contributed by atoms with van der Waals surface area (Å²) < 4.78 is 0. The number of amides is 2. The number of likely N-dealkylation sites (N-methyl/N-ethyl adjacent to an activating group) is 1. The summed E-state index contributed by atoms with van der Waals surface area (Å²) in [6, 6.07) is 9.79. The maximum Gasteiger partial charge on any atom is 0.273 e. The normalized spacial score (nSPS) is 22.3. The highest BCUT2D eigenvalue weighted by Crippen LogP contribution is 2.17. The van der Waals surface area contributed by atoms with Crippen molar-refractivity contribution >= 4 is 17.5 Å². The van der Waals surface area contributed by atoms with Gasteiger partial charge in [-0.3, -0.25) is 14.5 Å². The van der Waals surface area contributed by atoms with Gasteiger partial charge in [0.1, 0.15) is 0 Å². The number of hydrazone groups is 1. The largest absolute Gasteiger partial charge is 0.364 e. The highest BCUT2D eigenvalue weighted by Gasteiger charge is 2.40. The molecule has 4 rings (SSSR count). The summed E-state index contributed by atoms with van der Waals surface area (Å²) in [5, 5.41) is 11.5. The number of hydrogen-bond acceptors (Lipinski definition) is 7. The van der Waals surface area contributed by atoms with Crippen molar-refractivity contribution in [1.29, 1.82) is 0 Å². The molecule has 0 radical (unpaired) electrons. The van der Waals surface area contributed by atoms with Gasteiger partial charge in [0, 0.05) is 57.5 Å². The van der Waals surface area contributed by atoms with Crippen molar-refractivity contribution in [3.63, 3.8) is 0 Å². The lowest BCUT2D eigenvalue weighted by Crippen LogP contribution is -2.57. The van der Waals surface area contributed by atoms with E-state index in [-0.39, 0.29) is 17.5 Å². The number of carbonyl (C=O) groups excluding carboxylic acids is 2. The Morgan fingerprint density at radius 1 is 1.21 bits per heavy atom. The fraction of sp³-hybridized carbons (Fsp3) is 0.450. The molecule has 0 aromatic heterocycles. The van der Waals surface area contributed by atoms with Crippen LogP contribution in [-0.2, 0) is 16.0 Å². The van der Waals surface area contributed by atoms with Gasteiger partial charge in [-0.2, -0.15) is 5.10 Å². The molecule has 0 saturated carbocycles. The molecule has 0 aliphatic carbocycles. The zero-order valence-electron chi connectivity index (χ0n) is 16.6. The van der Waals surface area contributed by atoms with Crippen molar-refractivity contribution < 1.29 is 9.59 Å². The molecule has 1 aromatic carbocycles. The highest BCUT2D eigenvalue weighted by atomic mass is 16.2. The van der Waals surface area contributed by atoms with Crippen LogP contribution in [0, 0.1) is 0 Å². The van der Waals surface area contributed by atoms with E-state index in [1.54, 1.807) is 6.20 Å². The van der Waals surface area contributed by atoms with Gasteiger partial charge >= 0.3 is 0 Å². The minimum Gasteiger partial charge on any atom is -0.364 e. The van der Waals surface area contributed by atoms with Crippen LogP contribution >= 0.6 is 0 Å². The van der Waals surface area contributed by atoms with Gasteiger partial charge in [-0.05, 0) is 12.6 Å². The molecule has 2 amide bonds. The topological polar surface area (TPSA) is 92.3 Å². The van der Waals surface area contributed by atoms with Crippen LogP contribution in [0.2, 0.25) is 0 Å². The first-order chi connectivity index (χ1) is 14.1. The summed E-state index contributed by atoms with van der Waals surface area (Å²) in [4.78, 5) is 30.0. The Morgan fingerprint density at radius 3 is 2.72 bits per heavy atom. The van der Waals surface area contributed by atoms with E-state index in [0.717, 1.165) is 38.3 Å². The van der Waals surface area contributed by atoms with Crippen molar-refractivity contribution in [3.8, 4) is 0 Å². The van der Waals surface area contributed by atoms with E-state index < -0.39 is 6.17 Å². The van der Waals surface area contributed by atoms with Gasteiger partial charge in [0.15, 0.2) is 11.9 Å². The van der Waals surface area contributed by atoms with E-state index >= 15 is 0 Å².